The lowest BCUT2D eigenvalue weighted by atomic mass is 10.2. The summed E-state index contributed by atoms with van der Waals surface area (Å²) in [5.41, 5.74) is 2.82. The lowest BCUT2D eigenvalue weighted by Gasteiger charge is -1.99. The third kappa shape index (κ3) is 2.80. The summed E-state index contributed by atoms with van der Waals surface area (Å²) in [6, 6.07) is 0. The highest BCUT2D eigenvalue weighted by Gasteiger charge is 1.96. The zero-order valence-electron chi connectivity index (χ0n) is 7.63. The van der Waals surface area contributed by atoms with Crippen LogP contribution in [0.25, 0.3) is 0 Å². The minimum absolute atomic E-state index is 0.964. The summed E-state index contributed by atoms with van der Waals surface area (Å²) in [6.45, 7) is 6.14. The van der Waals surface area contributed by atoms with E-state index in [1.165, 1.54) is 11.1 Å². The first-order valence-corrected chi connectivity index (χ1v) is 5.12. The Morgan fingerprint density at radius 3 is 2.92 bits per heavy atom. The number of allylic oxidation sites excluding steroid dienone is 1. The maximum Gasteiger partial charge on any atom is 0.0219 e. The van der Waals surface area contributed by atoms with Crippen molar-refractivity contribution in [2.45, 2.75) is 20.4 Å². The smallest absolute Gasteiger partial charge is 0.0219 e. The molecule has 0 aliphatic rings. The molecule has 0 aliphatic carbocycles. The zero-order chi connectivity index (χ0) is 8.81. The molecule has 0 aliphatic heterocycles. The van der Waals surface area contributed by atoms with Gasteiger partial charge in [-0.3, -0.25) is 0 Å². The Bertz CT molecular complexity index is 250. The summed E-state index contributed by atoms with van der Waals surface area (Å²) in [6.07, 6.45) is 4.19. The highest BCUT2D eigenvalue weighted by molar-refractivity contribution is 7.08. The maximum absolute atomic E-state index is 3.35. The molecule has 0 fully saturated rings. The first kappa shape index (κ1) is 9.49. The van der Waals surface area contributed by atoms with E-state index >= 15 is 0 Å². The van der Waals surface area contributed by atoms with Crippen molar-refractivity contribution < 1.29 is 0 Å². The van der Waals surface area contributed by atoms with Crippen molar-refractivity contribution in [2.75, 3.05) is 6.54 Å². The fourth-order valence-electron chi connectivity index (χ4n) is 0.976. The Hall–Kier alpha value is -0.600. The molecule has 0 saturated heterocycles. The van der Waals surface area contributed by atoms with E-state index in [4.69, 9.17) is 0 Å². The van der Waals surface area contributed by atoms with Crippen LogP contribution < -0.4 is 5.32 Å². The molecular weight excluding hydrogens is 166 g/mol. The van der Waals surface area contributed by atoms with Crippen molar-refractivity contribution in [3.63, 3.8) is 0 Å². The minimum Gasteiger partial charge on any atom is -0.309 e. The van der Waals surface area contributed by atoms with E-state index in [0.717, 1.165) is 13.1 Å². The third-order valence-corrected chi connectivity index (χ3v) is 2.69. The Balaban J connectivity index is 2.28. The largest absolute Gasteiger partial charge is 0.309 e. The second-order valence-electron chi connectivity index (χ2n) is 2.78. The molecule has 0 unspecified atom stereocenters. The average molecular weight is 181 g/mol. The predicted molar refractivity (Wildman–Crippen MR) is 55.6 cm³/mol. The van der Waals surface area contributed by atoms with Gasteiger partial charge in [0.1, 0.15) is 0 Å². The van der Waals surface area contributed by atoms with Crippen molar-refractivity contribution in [3.8, 4) is 0 Å². The van der Waals surface area contributed by atoms with E-state index in [-0.39, 0.29) is 0 Å². The number of hydrogen-bond acceptors (Lipinski definition) is 2. The molecule has 1 heterocycles. The molecule has 0 bridgehead atoms. The number of thiophene rings is 1. The molecule has 1 rings (SSSR count). The van der Waals surface area contributed by atoms with Gasteiger partial charge in [0.25, 0.3) is 0 Å². The molecule has 1 aromatic rings. The fraction of sp³-hybridized carbons (Fsp3) is 0.400. The van der Waals surface area contributed by atoms with Gasteiger partial charge in [-0.15, -0.1) is 0 Å². The first-order valence-electron chi connectivity index (χ1n) is 4.18. The molecule has 1 N–H and O–H groups in total. The van der Waals surface area contributed by atoms with Gasteiger partial charge in [0.15, 0.2) is 0 Å². The highest BCUT2D eigenvalue weighted by atomic mass is 32.1. The monoisotopic (exact) mass is 181 g/mol. The maximum atomic E-state index is 3.35. The molecule has 0 aromatic carbocycles. The van der Waals surface area contributed by atoms with E-state index < -0.39 is 0 Å². The third-order valence-electron chi connectivity index (χ3n) is 1.77. The van der Waals surface area contributed by atoms with Gasteiger partial charge < -0.3 is 5.32 Å². The SMILES string of the molecule is C/C=C/CNCc1cscc1C. The molecular formula is C10H15NS. The van der Waals surface area contributed by atoms with Crippen molar-refractivity contribution in [3.05, 3.63) is 34.0 Å². The van der Waals surface area contributed by atoms with Crippen LogP contribution in [0.4, 0.5) is 0 Å². The molecule has 1 aromatic heterocycles. The van der Waals surface area contributed by atoms with Gasteiger partial charge in [-0.25, -0.2) is 0 Å². The van der Waals surface area contributed by atoms with Gasteiger partial charge in [0.2, 0.25) is 0 Å². The summed E-state index contributed by atoms with van der Waals surface area (Å²) in [5.74, 6) is 0. The van der Waals surface area contributed by atoms with Crippen molar-refractivity contribution in [2.24, 2.45) is 0 Å². The van der Waals surface area contributed by atoms with Gasteiger partial charge in [0, 0.05) is 13.1 Å². The number of nitrogens with one attached hydrogen (secondary N) is 1. The predicted octanol–water partition coefficient (Wildman–Crippen LogP) is 2.72. The molecule has 0 atom stereocenters. The van der Waals surface area contributed by atoms with E-state index in [1.807, 2.05) is 6.92 Å². The summed E-state index contributed by atoms with van der Waals surface area (Å²) in [7, 11) is 0. The fourth-order valence-corrected chi connectivity index (χ4v) is 1.83. The van der Waals surface area contributed by atoms with Crippen LogP contribution in [0.3, 0.4) is 0 Å². The topological polar surface area (TPSA) is 12.0 Å². The lowest BCUT2D eigenvalue weighted by molar-refractivity contribution is 0.758. The molecule has 66 valence electrons. The minimum atomic E-state index is 0.964. The average Bonchev–Trinajstić information content (AvgIpc) is 2.46. The van der Waals surface area contributed by atoms with Crippen LogP contribution in [0, 0.1) is 6.92 Å². The van der Waals surface area contributed by atoms with Crippen molar-refractivity contribution in [1.29, 1.82) is 0 Å². The van der Waals surface area contributed by atoms with Crippen molar-refractivity contribution >= 4 is 11.3 Å². The molecule has 1 nitrogen and oxygen atoms in total. The van der Waals surface area contributed by atoms with Gasteiger partial charge in [-0.2, -0.15) is 11.3 Å². The van der Waals surface area contributed by atoms with Crippen LogP contribution >= 0.6 is 11.3 Å². The number of aryl methyl sites for hydroxylation is 1. The summed E-state index contributed by atoms with van der Waals surface area (Å²) >= 11 is 1.77. The zero-order valence-corrected chi connectivity index (χ0v) is 8.45. The van der Waals surface area contributed by atoms with E-state index in [2.05, 4.69) is 35.2 Å². The number of hydrogen-bond donors (Lipinski definition) is 1. The van der Waals surface area contributed by atoms with Gasteiger partial charge in [0.05, 0.1) is 0 Å². The molecule has 12 heavy (non-hydrogen) atoms. The van der Waals surface area contributed by atoms with Crippen molar-refractivity contribution in [1.82, 2.24) is 5.32 Å². The summed E-state index contributed by atoms with van der Waals surface area (Å²) in [5, 5.41) is 7.74. The molecule has 0 saturated carbocycles. The van der Waals surface area contributed by atoms with E-state index in [9.17, 15) is 0 Å². The Morgan fingerprint density at radius 2 is 2.33 bits per heavy atom. The van der Waals surface area contributed by atoms with Crippen LogP contribution in [0.5, 0.6) is 0 Å². The van der Waals surface area contributed by atoms with Gasteiger partial charge >= 0.3 is 0 Å². The summed E-state index contributed by atoms with van der Waals surface area (Å²) < 4.78 is 0. The molecule has 0 radical (unpaired) electrons. The molecule has 0 spiro atoms. The Morgan fingerprint density at radius 1 is 1.50 bits per heavy atom. The van der Waals surface area contributed by atoms with E-state index in [1.54, 1.807) is 11.3 Å². The second kappa shape index (κ2) is 5.12. The number of rotatable bonds is 4. The second-order valence-corrected chi connectivity index (χ2v) is 3.52. The first-order chi connectivity index (χ1) is 5.84. The quantitative estimate of drug-likeness (QED) is 0.556. The van der Waals surface area contributed by atoms with Crippen LogP contribution in [-0.2, 0) is 6.54 Å². The summed E-state index contributed by atoms with van der Waals surface area (Å²) in [4.78, 5) is 0. The highest BCUT2D eigenvalue weighted by Crippen LogP contribution is 2.12. The standard InChI is InChI=1S/C10H15NS/c1-3-4-5-11-6-10-8-12-7-9(10)2/h3-4,7-8,11H,5-6H2,1-2H3/b4-3+. The normalized spacial score (nSPS) is 11.2. The van der Waals surface area contributed by atoms with Gasteiger partial charge in [-0.05, 0) is 35.7 Å². The molecule has 2 heteroatoms. The van der Waals surface area contributed by atoms with Crippen LogP contribution in [0.15, 0.2) is 22.9 Å². The van der Waals surface area contributed by atoms with Crippen LogP contribution in [0.1, 0.15) is 18.1 Å². The Labute approximate surface area is 78.1 Å². The molecule has 0 amide bonds. The Kier molecular flexibility index (Phi) is 4.05. The van der Waals surface area contributed by atoms with Crippen LogP contribution in [0.2, 0.25) is 0 Å². The van der Waals surface area contributed by atoms with Gasteiger partial charge in [-0.1, -0.05) is 12.2 Å². The van der Waals surface area contributed by atoms with Crippen LogP contribution in [-0.4, -0.2) is 6.54 Å². The van der Waals surface area contributed by atoms with E-state index in [0.29, 0.717) is 0 Å². The lowest BCUT2D eigenvalue weighted by Crippen LogP contribution is -2.12.